The summed E-state index contributed by atoms with van der Waals surface area (Å²) in [5.74, 6) is 0.423. The van der Waals surface area contributed by atoms with Gasteiger partial charge in [-0.3, -0.25) is 4.79 Å². The number of pyridine rings is 2. The first-order chi connectivity index (χ1) is 15.6. The van der Waals surface area contributed by atoms with Gasteiger partial charge in [-0.25, -0.2) is 9.78 Å². The van der Waals surface area contributed by atoms with Gasteiger partial charge in [0, 0.05) is 41.5 Å². The van der Waals surface area contributed by atoms with Crippen molar-refractivity contribution in [2.75, 3.05) is 11.9 Å². The summed E-state index contributed by atoms with van der Waals surface area (Å²) >= 11 is 0. The normalized spacial score (nSPS) is 17.9. The number of ether oxygens (including phenoxy) is 1. The minimum absolute atomic E-state index is 0.178. The number of hydrogen-bond acceptors (Lipinski definition) is 5. The lowest BCUT2D eigenvalue weighted by Gasteiger charge is -2.25. The summed E-state index contributed by atoms with van der Waals surface area (Å²) in [4.78, 5) is 29.2. The van der Waals surface area contributed by atoms with E-state index in [1.165, 1.54) is 25.5 Å². The molecule has 2 aliphatic carbocycles. The molecule has 1 aliphatic heterocycles. The van der Waals surface area contributed by atoms with Crippen molar-refractivity contribution >= 4 is 22.7 Å². The summed E-state index contributed by atoms with van der Waals surface area (Å²) in [6, 6.07) is 5.97. The molecule has 32 heavy (non-hydrogen) atoms. The Labute approximate surface area is 185 Å². The minimum atomic E-state index is -1.19. The van der Waals surface area contributed by atoms with Crippen LogP contribution in [0.25, 0.3) is 22.0 Å². The Morgan fingerprint density at radius 1 is 1.19 bits per heavy atom. The van der Waals surface area contributed by atoms with E-state index in [2.05, 4.69) is 16.4 Å². The molecular weight excluding hydrogens is 406 g/mol. The van der Waals surface area contributed by atoms with Crippen molar-refractivity contribution < 1.29 is 14.6 Å². The van der Waals surface area contributed by atoms with Gasteiger partial charge in [0.1, 0.15) is 11.4 Å². The molecule has 0 saturated heterocycles. The molecule has 0 bridgehead atoms. The fraction of sp³-hybridized carbons (Fsp3) is 0.400. The summed E-state index contributed by atoms with van der Waals surface area (Å²) in [6.07, 6.45) is 9.26. The SMILES string of the molecule is O=C(O)c1cn(C2CC2)c2c3c(ccc2c1=O)-c1cnc(NCC2CCC2)cc1COC3. The molecule has 7 nitrogen and oxygen atoms in total. The highest BCUT2D eigenvalue weighted by molar-refractivity contribution is 5.96. The summed E-state index contributed by atoms with van der Waals surface area (Å²) in [6.45, 7) is 1.78. The minimum Gasteiger partial charge on any atom is -0.477 e. The number of fused-ring (bicyclic) bond motifs is 5. The zero-order valence-corrected chi connectivity index (χ0v) is 17.8. The number of benzene rings is 1. The number of nitrogens with zero attached hydrogens (tertiary/aromatic N) is 2. The van der Waals surface area contributed by atoms with E-state index in [4.69, 9.17) is 4.74 Å². The number of carbonyl (C=O) groups is 1. The highest BCUT2D eigenvalue weighted by Gasteiger charge is 2.29. The van der Waals surface area contributed by atoms with Crippen LogP contribution in [0.15, 0.2) is 35.4 Å². The molecule has 0 atom stereocenters. The largest absolute Gasteiger partial charge is 0.477 e. The molecule has 0 spiro atoms. The van der Waals surface area contributed by atoms with E-state index in [9.17, 15) is 14.7 Å². The molecule has 0 unspecified atom stereocenters. The third-order valence-corrected chi connectivity index (χ3v) is 7.05. The number of nitrogens with one attached hydrogen (secondary N) is 1. The average molecular weight is 431 g/mol. The van der Waals surface area contributed by atoms with Crippen LogP contribution in [0.3, 0.4) is 0 Å². The van der Waals surface area contributed by atoms with Crippen LogP contribution >= 0.6 is 0 Å². The first kappa shape index (κ1) is 19.5. The lowest BCUT2D eigenvalue weighted by Crippen LogP contribution is -2.21. The molecule has 2 N–H and O–H groups in total. The number of aromatic nitrogens is 2. The molecule has 0 amide bonds. The number of hydrogen-bond donors (Lipinski definition) is 2. The van der Waals surface area contributed by atoms with Gasteiger partial charge in [0.25, 0.3) is 0 Å². The van der Waals surface area contributed by atoms with E-state index in [-0.39, 0.29) is 11.6 Å². The fourth-order valence-corrected chi connectivity index (χ4v) is 4.88. The van der Waals surface area contributed by atoms with Gasteiger partial charge >= 0.3 is 5.97 Å². The number of aromatic carboxylic acids is 1. The van der Waals surface area contributed by atoms with Crippen molar-refractivity contribution in [1.29, 1.82) is 0 Å². The molecule has 1 aromatic carbocycles. The second kappa shape index (κ2) is 7.45. The molecule has 0 radical (unpaired) electrons. The summed E-state index contributed by atoms with van der Waals surface area (Å²) in [5.41, 5.74) is 4.18. The topological polar surface area (TPSA) is 93.5 Å². The van der Waals surface area contributed by atoms with Crippen molar-refractivity contribution in [3.8, 4) is 11.1 Å². The lowest BCUT2D eigenvalue weighted by molar-refractivity contribution is 0.0695. The highest BCUT2D eigenvalue weighted by Crippen LogP contribution is 2.41. The predicted molar refractivity (Wildman–Crippen MR) is 121 cm³/mol. The monoisotopic (exact) mass is 431 g/mol. The maximum atomic E-state index is 12.9. The second-order valence-electron chi connectivity index (χ2n) is 9.20. The molecule has 3 aromatic rings. The van der Waals surface area contributed by atoms with Crippen LogP contribution in [0.2, 0.25) is 0 Å². The fourth-order valence-electron chi connectivity index (χ4n) is 4.88. The average Bonchev–Trinajstić information content (AvgIpc) is 3.59. The Morgan fingerprint density at radius 3 is 2.75 bits per heavy atom. The van der Waals surface area contributed by atoms with Gasteiger partial charge in [-0.15, -0.1) is 0 Å². The third-order valence-electron chi connectivity index (χ3n) is 7.05. The zero-order valence-electron chi connectivity index (χ0n) is 17.8. The standard InChI is InChI=1S/C25H25N3O4/c29-24-18-7-6-17-19-10-27-22(26-9-14-2-1-3-14)8-15(19)12-32-13-21(17)23(18)28(16-4-5-16)11-20(24)25(30)31/h6-8,10-11,14,16H,1-5,9,12-13H2,(H,26,27)(H,30,31). The first-order valence-corrected chi connectivity index (χ1v) is 11.3. The van der Waals surface area contributed by atoms with E-state index in [0.717, 1.165) is 58.9 Å². The summed E-state index contributed by atoms with van der Waals surface area (Å²) in [7, 11) is 0. The number of carboxylic acids is 1. The quantitative estimate of drug-likeness (QED) is 0.624. The predicted octanol–water partition coefficient (Wildman–Crippen LogP) is 4.34. The molecule has 7 heteroatoms. The van der Waals surface area contributed by atoms with Gasteiger partial charge in [0.2, 0.25) is 5.43 Å². The number of rotatable bonds is 5. The molecule has 2 aromatic heterocycles. The smallest absolute Gasteiger partial charge is 0.341 e. The van der Waals surface area contributed by atoms with Gasteiger partial charge in [0.15, 0.2) is 0 Å². The molecule has 6 rings (SSSR count). The van der Waals surface area contributed by atoms with E-state index >= 15 is 0 Å². The van der Waals surface area contributed by atoms with Gasteiger partial charge in [-0.2, -0.15) is 0 Å². The van der Waals surface area contributed by atoms with Crippen LogP contribution in [-0.4, -0.2) is 27.2 Å². The van der Waals surface area contributed by atoms with Crippen LogP contribution in [0, 0.1) is 5.92 Å². The lowest BCUT2D eigenvalue weighted by atomic mass is 9.85. The Morgan fingerprint density at radius 2 is 2.03 bits per heavy atom. The molecule has 2 fully saturated rings. The second-order valence-corrected chi connectivity index (χ2v) is 9.20. The molecule has 2 saturated carbocycles. The Kier molecular flexibility index (Phi) is 4.54. The van der Waals surface area contributed by atoms with E-state index in [0.29, 0.717) is 18.6 Å². The van der Waals surface area contributed by atoms with Crippen LogP contribution in [0.4, 0.5) is 5.82 Å². The summed E-state index contributed by atoms with van der Waals surface area (Å²) in [5, 5.41) is 13.4. The number of carboxylic acid groups (broad SMARTS) is 1. The molecular formula is C25H25N3O4. The van der Waals surface area contributed by atoms with Gasteiger partial charge in [-0.1, -0.05) is 12.5 Å². The Balaban J connectivity index is 1.48. The van der Waals surface area contributed by atoms with Gasteiger partial charge in [0.05, 0.1) is 18.7 Å². The van der Waals surface area contributed by atoms with E-state index < -0.39 is 11.4 Å². The van der Waals surface area contributed by atoms with Crippen molar-refractivity contribution in [2.24, 2.45) is 5.92 Å². The van der Waals surface area contributed by atoms with Crippen molar-refractivity contribution in [3.63, 3.8) is 0 Å². The number of anilines is 1. The molecule has 3 aliphatic rings. The van der Waals surface area contributed by atoms with Crippen molar-refractivity contribution in [2.45, 2.75) is 51.4 Å². The molecule has 164 valence electrons. The first-order valence-electron chi connectivity index (χ1n) is 11.3. The molecule has 3 heterocycles. The Hall–Kier alpha value is -3.19. The van der Waals surface area contributed by atoms with Crippen LogP contribution in [-0.2, 0) is 18.0 Å². The zero-order chi connectivity index (χ0) is 21.8. The van der Waals surface area contributed by atoms with E-state index in [1.807, 2.05) is 16.8 Å². The maximum Gasteiger partial charge on any atom is 0.341 e. The summed E-state index contributed by atoms with van der Waals surface area (Å²) < 4.78 is 8.04. The van der Waals surface area contributed by atoms with Crippen LogP contribution < -0.4 is 10.7 Å². The van der Waals surface area contributed by atoms with Gasteiger partial charge < -0.3 is 19.7 Å². The van der Waals surface area contributed by atoms with E-state index in [1.54, 1.807) is 6.07 Å². The van der Waals surface area contributed by atoms with Gasteiger partial charge in [-0.05, 0) is 54.9 Å². The van der Waals surface area contributed by atoms with Crippen molar-refractivity contribution in [1.82, 2.24) is 9.55 Å². The maximum absolute atomic E-state index is 12.9. The Bertz CT molecular complexity index is 1300. The third kappa shape index (κ3) is 3.19. The van der Waals surface area contributed by atoms with Crippen LogP contribution in [0.5, 0.6) is 0 Å². The van der Waals surface area contributed by atoms with Crippen LogP contribution in [0.1, 0.15) is 59.6 Å². The van der Waals surface area contributed by atoms with Crippen molar-refractivity contribution in [3.05, 3.63) is 57.5 Å². The highest BCUT2D eigenvalue weighted by atomic mass is 16.5.